The monoisotopic (exact) mass is 442 g/mol. The Morgan fingerprint density at radius 3 is 2.22 bits per heavy atom. The van der Waals surface area contributed by atoms with Crippen molar-refractivity contribution in [2.24, 2.45) is 12.5 Å². The first-order valence-corrected chi connectivity index (χ1v) is 11.4. The molecule has 172 valence electrons. The highest BCUT2D eigenvalue weighted by Gasteiger charge is 2.53. The molecule has 1 saturated carbocycles. The predicted molar refractivity (Wildman–Crippen MR) is 121 cm³/mol. The lowest BCUT2D eigenvalue weighted by molar-refractivity contribution is -0.191. The number of benzene rings is 1. The molecule has 2 aromatic rings. The number of aryl methyl sites for hydroxylation is 2. The van der Waals surface area contributed by atoms with Crippen LogP contribution >= 0.6 is 0 Å². The summed E-state index contributed by atoms with van der Waals surface area (Å²) in [6.07, 6.45) is 2.05. The van der Waals surface area contributed by atoms with Crippen LogP contribution in [-0.4, -0.2) is 47.4 Å². The molecule has 1 aromatic heterocycles. The van der Waals surface area contributed by atoms with Gasteiger partial charge in [0.15, 0.2) is 0 Å². The van der Waals surface area contributed by atoms with E-state index in [9.17, 15) is 0 Å². The van der Waals surface area contributed by atoms with Gasteiger partial charge in [0, 0.05) is 34.7 Å². The van der Waals surface area contributed by atoms with Gasteiger partial charge in [-0.05, 0) is 66.5 Å². The Balaban J connectivity index is 1.55. The lowest BCUT2D eigenvalue weighted by Gasteiger charge is -2.52. The minimum absolute atomic E-state index is 0.111. The van der Waals surface area contributed by atoms with Gasteiger partial charge in [0.1, 0.15) is 17.7 Å². The smallest absolute Gasteiger partial charge is 0.490 e. The van der Waals surface area contributed by atoms with Crippen molar-refractivity contribution < 1.29 is 23.2 Å². The molecular formula is C24H32BFN2O4. The van der Waals surface area contributed by atoms with Crippen LogP contribution in [0.3, 0.4) is 0 Å². The van der Waals surface area contributed by atoms with Crippen LogP contribution in [-0.2, 0) is 21.1 Å². The lowest BCUT2D eigenvalue weighted by Crippen LogP contribution is -2.56. The zero-order chi connectivity index (χ0) is 23.1. The van der Waals surface area contributed by atoms with Crippen LogP contribution in [0.2, 0.25) is 0 Å². The third kappa shape index (κ3) is 3.30. The molecule has 0 unspecified atom stereocenters. The van der Waals surface area contributed by atoms with Gasteiger partial charge in [-0.3, -0.25) is 4.68 Å². The molecular weight excluding hydrogens is 410 g/mol. The molecule has 1 aromatic carbocycles. The number of ether oxygens (including phenoxy) is 2. The second-order valence-electron chi connectivity index (χ2n) is 10.8. The molecule has 3 aliphatic rings. The number of rotatable bonds is 4. The average molecular weight is 442 g/mol. The fraction of sp³-hybridized carbons (Fsp3) is 0.625. The van der Waals surface area contributed by atoms with Crippen LogP contribution in [0.1, 0.15) is 51.9 Å². The van der Waals surface area contributed by atoms with E-state index in [4.69, 9.17) is 18.8 Å². The van der Waals surface area contributed by atoms with Gasteiger partial charge in [-0.2, -0.15) is 5.10 Å². The Morgan fingerprint density at radius 2 is 1.72 bits per heavy atom. The Kier molecular flexibility index (Phi) is 4.83. The van der Waals surface area contributed by atoms with E-state index in [-0.39, 0.29) is 11.9 Å². The van der Waals surface area contributed by atoms with E-state index >= 15 is 4.39 Å². The Morgan fingerprint density at radius 1 is 1.09 bits per heavy atom. The summed E-state index contributed by atoms with van der Waals surface area (Å²) in [6, 6.07) is 3.54. The predicted octanol–water partition coefficient (Wildman–Crippen LogP) is 3.70. The van der Waals surface area contributed by atoms with E-state index in [0.717, 1.165) is 43.0 Å². The van der Waals surface area contributed by atoms with E-state index in [1.807, 2.05) is 48.6 Å². The summed E-state index contributed by atoms with van der Waals surface area (Å²) in [5, 5.41) is 4.49. The molecule has 32 heavy (non-hydrogen) atoms. The highest BCUT2D eigenvalue weighted by molar-refractivity contribution is 6.62. The van der Waals surface area contributed by atoms with E-state index in [2.05, 4.69) is 5.10 Å². The number of aromatic nitrogens is 2. The first-order valence-electron chi connectivity index (χ1n) is 11.4. The van der Waals surface area contributed by atoms with Crippen molar-refractivity contribution in [3.8, 4) is 16.9 Å². The zero-order valence-electron chi connectivity index (χ0n) is 20.0. The number of nitrogens with zero attached hydrogens (tertiary/aromatic N) is 2. The molecule has 8 heteroatoms. The Bertz CT molecular complexity index is 1050. The first kappa shape index (κ1) is 21.9. The molecule has 1 spiro atoms. The summed E-state index contributed by atoms with van der Waals surface area (Å²) >= 11 is 0. The molecule has 3 fully saturated rings. The first-order chi connectivity index (χ1) is 14.9. The normalized spacial score (nSPS) is 23.3. The minimum Gasteiger partial charge on any atom is -0.490 e. The average Bonchev–Trinajstić information content (AvgIpc) is 3.00. The SMILES string of the molecule is Cc1nn(C)c(C)c1-c1cc(OC2CC3(COC3)C2)cc(B2OC(C)(C)C(C)(C)O2)c1F. The summed E-state index contributed by atoms with van der Waals surface area (Å²) in [5.74, 6) is 0.279. The number of hydrogen-bond acceptors (Lipinski definition) is 5. The van der Waals surface area contributed by atoms with Crippen LogP contribution in [0.5, 0.6) is 5.75 Å². The molecule has 0 radical (unpaired) electrons. The molecule has 6 nitrogen and oxygen atoms in total. The Labute approximate surface area is 189 Å². The molecule has 2 saturated heterocycles. The summed E-state index contributed by atoms with van der Waals surface area (Å²) in [7, 11) is 1.06. The van der Waals surface area contributed by atoms with Gasteiger partial charge in [-0.15, -0.1) is 0 Å². The molecule has 0 atom stereocenters. The van der Waals surface area contributed by atoms with Crippen molar-refractivity contribution in [3.05, 3.63) is 29.3 Å². The van der Waals surface area contributed by atoms with Gasteiger partial charge in [-0.25, -0.2) is 4.39 Å². The van der Waals surface area contributed by atoms with Gasteiger partial charge in [0.2, 0.25) is 0 Å². The third-order valence-electron chi connectivity index (χ3n) is 7.80. The van der Waals surface area contributed by atoms with Crippen molar-refractivity contribution in [3.63, 3.8) is 0 Å². The molecule has 1 aliphatic carbocycles. The summed E-state index contributed by atoms with van der Waals surface area (Å²) in [4.78, 5) is 0. The molecule has 3 heterocycles. The van der Waals surface area contributed by atoms with Crippen LogP contribution in [0.25, 0.3) is 11.1 Å². The van der Waals surface area contributed by atoms with E-state index in [1.54, 1.807) is 16.8 Å². The highest BCUT2D eigenvalue weighted by atomic mass is 19.1. The van der Waals surface area contributed by atoms with Gasteiger partial charge in [-0.1, -0.05) is 0 Å². The van der Waals surface area contributed by atoms with Crippen molar-refractivity contribution >= 4 is 12.6 Å². The van der Waals surface area contributed by atoms with Gasteiger partial charge >= 0.3 is 7.12 Å². The van der Waals surface area contributed by atoms with Crippen LogP contribution in [0, 0.1) is 25.1 Å². The Hall–Kier alpha value is -1.90. The fourth-order valence-electron chi connectivity index (χ4n) is 4.98. The van der Waals surface area contributed by atoms with E-state index in [1.165, 1.54) is 0 Å². The fourth-order valence-corrected chi connectivity index (χ4v) is 4.98. The number of hydrogen-bond donors (Lipinski definition) is 0. The molecule has 5 rings (SSSR count). The van der Waals surface area contributed by atoms with Gasteiger partial charge in [0.25, 0.3) is 0 Å². The van der Waals surface area contributed by atoms with Crippen molar-refractivity contribution in [2.75, 3.05) is 13.2 Å². The highest BCUT2D eigenvalue weighted by Crippen LogP contribution is 2.48. The summed E-state index contributed by atoms with van der Waals surface area (Å²) in [6.45, 7) is 13.3. The van der Waals surface area contributed by atoms with Crippen LogP contribution < -0.4 is 10.2 Å². The number of halogens is 1. The third-order valence-corrected chi connectivity index (χ3v) is 7.80. The molecule has 0 bridgehead atoms. The lowest BCUT2D eigenvalue weighted by atomic mass is 9.65. The van der Waals surface area contributed by atoms with Gasteiger partial charge in [0.05, 0.1) is 30.1 Å². The summed E-state index contributed by atoms with van der Waals surface area (Å²) in [5.41, 5.74) is 2.45. The van der Waals surface area contributed by atoms with E-state index < -0.39 is 18.3 Å². The van der Waals surface area contributed by atoms with Gasteiger partial charge < -0.3 is 18.8 Å². The quantitative estimate of drug-likeness (QED) is 0.676. The maximum absolute atomic E-state index is 16.0. The largest absolute Gasteiger partial charge is 0.498 e. The van der Waals surface area contributed by atoms with Crippen LogP contribution in [0.15, 0.2) is 12.1 Å². The maximum Gasteiger partial charge on any atom is 0.498 e. The molecule has 2 aliphatic heterocycles. The van der Waals surface area contributed by atoms with Crippen molar-refractivity contribution in [1.29, 1.82) is 0 Å². The minimum atomic E-state index is -0.813. The molecule has 0 amide bonds. The van der Waals surface area contributed by atoms with Crippen molar-refractivity contribution in [2.45, 2.75) is 71.7 Å². The van der Waals surface area contributed by atoms with Crippen LogP contribution in [0.4, 0.5) is 4.39 Å². The zero-order valence-corrected chi connectivity index (χ0v) is 20.0. The molecule has 0 N–H and O–H groups in total. The summed E-state index contributed by atoms with van der Waals surface area (Å²) < 4.78 is 41.9. The van der Waals surface area contributed by atoms with Crippen molar-refractivity contribution in [1.82, 2.24) is 9.78 Å². The topological polar surface area (TPSA) is 54.7 Å². The maximum atomic E-state index is 16.0. The second-order valence-corrected chi connectivity index (χ2v) is 10.8. The second kappa shape index (κ2) is 7.05. The van der Waals surface area contributed by atoms with E-state index in [0.29, 0.717) is 22.2 Å². The standard InChI is InChI=1S/C24H32BFN2O4/c1-14-20(15(2)28(7)27-14)18-8-16(30-17-10-24(11-17)12-29-13-24)9-19(21(18)26)25-31-22(3,4)23(5,6)32-25/h8-9,17H,10-13H2,1-7H3.